The predicted molar refractivity (Wildman–Crippen MR) is 82.6 cm³/mol. The van der Waals surface area contributed by atoms with Crippen LogP contribution in [-0.2, 0) is 0 Å². The molecule has 0 fully saturated rings. The molecule has 3 aromatic rings. The molecule has 0 saturated carbocycles. The molecule has 0 aliphatic carbocycles. The van der Waals surface area contributed by atoms with Gasteiger partial charge < -0.3 is 10.4 Å². The third-order valence-electron chi connectivity index (χ3n) is 3.19. The number of benzene rings is 1. The van der Waals surface area contributed by atoms with Gasteiger partial charge in [0.1, 0.15) is 5.69 Å². The van der Waals surface area contributed by atoms with E-state index in [4.69, 9.17) is 0 Å². The maximum absolute atomic E-state index is 12.1. The fourth-order valence-electron chi connectivity index (χ4n) is 1.98. The van der Waals surface area contributed by atoms with Crippen LogP contribution in [0.5, 0.6) is 5.75 Å². The Hall–Kier alpha value is -3.15. The fourth-order valence-corrected chi connectivity index (χ4v) is 1.98. The Bertz CT molecular complexity index is 809. The molecule has 2 aromatic heterocycles. The quantitative estimate of drug-likeness (QED) is 0.692. The number of carbonyl (C=O) groups is 1. The average molecular weight is 294 g/mol. The fraction of sp³-hybridized carbons (Fsp3) is 0.0625. The third kappa shape index (κ3) is 2.80. The van der Waals surface area contributed by atoms with E-state index < -0.39 is 5.91 Å². The number of hydrogen-bond donors (Lipinski definition) is 3. The van der Waals surface area contributed by atoms with Crippen LogP contribution in [0.15, 0.2) is 48.7 Å². The van der Waals surface area contributed by atoms with E-state index in [2.05, 4.69) is 20.5 Å². The molecule has 0 saturated heterocycles. The number of nitrogens with zero attached hydrogens (tertiary/aromatic N) is 2. The number of hydrogen-bond acceptors (Lipinski definition) is 4. The Morgan fingerprint density at radius 2 is 2.00 bits per heavy atom. The minimum atomic E-state index is -0.417. The van der Waals surface area contributed by atoms with Gasteiger partial charge in [0.15, 0.2) is 11.6 Å². The Balaban J connectivity index is 1.80. The molecule has 6 nitrogen and oxygen atoms in total. The summed E-state index contributed by atoms with van der Waals surface area (Å²) < 4.78 is 0. The number of aromatic amines is 1. The Kier molecular flexibility index (Phi) is 3.57. The molecule has 6 heteroatoms. The SMILES string of the molecule is Cc1ccc(-c2cc(C(=O)Nc3ncccc3O)[nH]n2)cc1. The molecular formula is C16H14N4O2. The van der Waals surface area contributed by atoms with Gasteiger partial charge in [-0.25, -0.2) is 4.98 Å². The predicted octanol–water partition coefficient (Wildman–Crippen LogP) is 2.74. The van der Waals surface area contributed by atoms with Crippen LogP contribution >= 0.6 is 0 Å². The van der Waals surface area contributed by atoms with Gasteiger partial charge in [0.25, 0.3) is 5.91 Å². The van der Waals surface area contributed by atoms with E-state index >= 15 is 0 Å². The van der Waals surface area contributed by atoms with E-state index in [0.29, 0.717) is 11.4 Å². The Morgan fingerprint density at radius 1 is 1.23 bits per heavy atom. The number of anilines is 1. The van der Waals surface area contributed by atoms with Crippen molar-refractivity contribution in [3.63, 3.8) is 0 Å². The maximum Gasteiger partial charge on any atom is 0.274 e. The monoisotopic (exact) mass is 294 g/mol. The van der Waals surface area contributed by atoms with Crippen molar-refractivity contribution in [2.45, 2.75) is 6.92 Å². The number of aromatic nitrogens is 3. The summed E-state index contributed by atoms with van der Waals surface area (Å²) in [6.45, 7) is 2.01. The van der Waals surface area contributed by atoms with Gasteiger partial charge in [0.05, 0.1) is 5.69 Å². The van der Waals surface area contributed by atoms with Crippen LogP contribution in [0, 0.1) is 6.92 Å². The molecule has 0 radical (unpaired) electrons. The van der Waals surface area contributed by atoms with E-state index in [1.54, 1.807) is 12.1 Å². The summed E-state index contributed by atoms with van der Waals surface area (Å²) in [5.74, 6) is -0.395. The second-order valence-electron chi connectivity index (χ2n) is 4.86. The zero-order chi connectivity index (χ0) is 15.5. The molecule has 0 aliphatic heterocycles. The van der Waals surface area contributed by atoms with Crippen LogP contribution in [0.4, 0.5) is 5.82 Å². The molecule has 1 aromatic carbocycles. The highest BCUT2D eigenvalue weighted by Crippen LogP contribution is 2.21. The van der Waals surface area contributed by atoms with Crippen molar-refractivity contribution >= 4 is 11.7 Å². The molecule has 3 rings (SSSR count). The lowest BCUT2D eigenvalue weighted by atomic mass is 10.1. The number of pyridine rings is 1. The standard InChI is InChI=1S/C16H14N4O2/c1-10-4-6-11(7-5-10)12-9-13(20-19-12)16(22)18-15-14(21)3-2-8-17-15/h2-9,21H,1H3,(H,19,20)(H,17,18,22). The molecule has 0 bridgehead atoms. The number of aryl methyl sites for hydroxylation is 1. The zero-order valence-electron chi connectivity index (χ0n) is 11.9. The van der Waals surface area contributed by atoms with Crippen molar-refractivity contribution in [3.8, 4) is 17.0 Å². The molecule has 22 heavy (non-hydrogen) atoms. The summed E-state index contributed by atoms with van der Waals surface area (Å²) in [5, 5.41) is 19.0. The largest absolute Gasteiger partial charge is 0.504 e. The van der Waals surface area contributed by atoms with E-state index in [0.717, 1.165) is 11.1 Å². The first-order valence-corrected chi connectivity index (χ1v) is 6.71. The normalized spacial score (nSPS) is 10.4. The highest BCUT2D eigenvalue weighted by atomic mass is 16.3. The van der Waals surface area contributed by atoms with Crippen molar-refractivity contribution in [3.05, 3.63) is 59.9 Å². The Labute approximate surface area is 126 Å². The van der Waals surface area contributed by atoms with Gasteiger partial charge in [-0.15, -0.1) is 0 Å². The lowest BCUT2D eigenvalue weighted by molar-refractivity contribution is 0.102. The second-order valence-corrected chi connectivity index (χ2v) is 4.86. The van der Waals surface area contributed by atoms with E-state index in [1.807, 2.05) is 31.2 Å². The van der Waals surface area contributed by atoms with Crippen molar-refractivity contribution in [2.75, 3.05) is 5.32 Å². The Morgan fingerprint density at radius 3 is 2.73 bits per heavy atom. The second kappa shape index (κ2) is 5.69. The lowest BCUT2D eigenvalue weighted by Crippen LogP contribution is -2.13. The number of carbonyl (C=O) groups excluding carboxylic acids is 1. The average Bonchev–Trinajstić information content (AvgIpc) is 3.00. The van der Waals surface area contributed by atoms with E-state index in [-0.39, 0.29) is 11.6 Å². The number of amides is 1. The van der Waals surface area contributed by atoms with Crippen LogP contribution in [-0.4, -0.2) is 26.2 Å². The topological polar surface area (TPSA) is 90.9 Å². The van der Waals surface area contributed by atoms with Crippen molar-refractivity contribution in [1.82, 2.24) is 15.2 Å². The molecule has 1 amide bonds. The smallest absolute Gasteiger partial charge is 0.274 e. The highest BCUT2D eigenvalue weighted by Gasteiger charge is 2.13. The first-order chi connectivity index (χ1) is 10.6. The molecule has 0 spiro atoms. The first kappa shape index (κ1) is 13.8. The number of aromatic hydroxyl groups is 1. The summed E-state index contributed by atoms with van der Waals surface area (Å²) in [4.78, 5) is 16.0. The molecule has 0 aliphatic rings. The number of H-pyrrole nitrogens is 1. The van der Waals surface area contributed by atoms with Crippen LogP contribution in [0.2, 0.25) is 0 Å². The molecule has 3 N–H and O–H groups in total. The van der Waals surface area contributed by atoms with Gasteiger partial charge in [0, 0.05) is 11.8 Å². The van der Waals surface area contributed by atoms with Gasteiger partial charge in [0.2, 0.25) is 0 Å². The van der Waals surface area contributed by atoms with Crippen molar-refractivity contribution in [2.24, 2.45) is 0 Å². The van der Waals surface area contributed by atoms with Gasteiger partial charge >= 0.3 is 0 Å². The molecular weight excluding hydrogens is 280 g/mol. The molecule has 0 atom stereocenters. The summed E-state index contributed by atoms with van der Waals surface area (Å²) in [6.07, 6.45) is 1.49. The van der Waals surface area contributed by atoms with Gasteiger partial charge in [-0.05, 0) is 25.1 Å². The summed E-state index contributed by atoms with van der Waals surface area (Å²) in [6, 6.07) is 12.5. The summed E-state index contributed by atoms with van der Waals surface area (Å²) in [7, 11) is 0. The van der Waals surface area contributed by atoms with E-state index in [1.165, 1.54) is 12.3 Å². The van der Waals surface area contributed by atoms with Crippen LogP contribution in [0.1, 0.15) is 16.1 Å². The van der Waals surface area contributed by atoms with Crippen LogP contribution in [0.25, 0.3) is 11.3 Å². The van der Waals surface area contributed by atoms with Crippen molar-refractivity contribution < 1.29 is 9.90 Å². The van der Waals surface area contributed by atoms with Gasteiger partial charge in [-0.2, -0.15) is 5.10 Å². The number of nitrogens with one attached hydrogen (secondary N) is 2. The minimum absolute atomic E-state index is 0.0888. The highest BCUT2D eigenvalue weighted by molar-refractivity contribution is 6.03. The third-order valence-corrected chi connectivity index (χ3v) is 3.19. The number of rotatable bonds is 3. The van der Waals surface area contributed by atoms with Crippen LogP contribution < -0.4 is 5.32 Å². The molecule has 2 heterocycles. The molecule has 110 valence electrons. The van der Waals surface area contributed by atoms with E-state index in [9.17, 15) is 9.90 Å². The minimum Gasteiger partial charge on any atom is -0.504 e. The first-order valence-electron chi connectivity index (χ1n) is 6.71. The van der Waals surface area contributed by atoms with Gasteiger partial charge in [-0.3, -0.25) is 9.89 Å². The van der Waals surface area contributed by atoms with Gasteiger partial charge in [-0.1, -0.05) is 29.8 Å². The van der Waals surface area contributed by atoms with Crippen LogP contribution in [0.3, 0.4) is 0 Å². The summed E-state index contributed by atoms with van der Waals surface area (Å²) >= 11 is 0. The maximum atomic E-state index is 12.1. The van der Waals surface area contributed by atoms with Crippen molar-refractivity contribution in [1.29, 1.82) is 0 Å². The lowest BCUT2D eigenvalue weighted by Gasteiger charge is -2.03. The zero-order valence-corrected chi connectivity index (χ0v) is 11.9. The summed E-state index contributed by atoms with van der Waals surface area (Å²) in [5.41, 5.74) is 3.04. The molecule has 0 unspecified atom stereocenters.